The zero-order valence-electron chi connectivity index (χ0n) is 20.4. The number of methoxy groups -OCH3 is 3. The molecule has 0 saturated carbocycles. The van der Waals surface area contributed by atoms with Crippen molar-refractivity contribution in [1.82, 2.24) is 0 Å². The van der Waals surface area contributed by atoms with E-state index in [2.05, 4.69) is 4.18 Å². The third-order valence-electron chi connectivity index (χ3n) is 5.32. The van der Waals surface area contributed by atoms with Gasteiger partial charge in [-0.3, -0.25) is 0 Å². The van der Waals surface area contributed by atoms with Gasteiger partial charge in [-0.2, -0.15) is 21.6 Å². The van der Waals surface area contributed by atoms with Crippen LogP contribution in [0.4, 0.5) is 13.2 Å². The van der Waals surface area contributed by atoms with E-state index in [4.69, 9.17) is 23.7 Å². The zero-order chi connectivity index (χ0) is 27.4. The number of carbonyl (C=O) groups is 1. The van der Waals surface area contributed by atoms with Crippen LogP contribution in [-0.4, -0.2) is 47.8 Å². The summed E-state index contributed by atoms with van der Waals surface area (Å²) in [5, 5.41) is 0. The largest absolute Gasteiger partial charge is 0.534 e. The van der Waals surface area contributed by atoms with Crippen LogP contribution in [0.25, 0.3) is 5.76 Å². The summed E-state index contributed by atoms with van der Waals surface area (Å²) in [6.07, 6.45) is 0.0264. The summed E-state index contributed by atoms with van der Waals surface area (Å²) in [5.41, 5.74) is -6.53. The minimum Gasteiger partial charge on any atom is -0.497 e. The standard InChI is InChI=1S/C24H25F3O9S/c1-5-6-11-34-15-8-10-19-17(13-15)22(36-37(29,30)24(25,26)27)20(23(28)33-4)21(35-19)16-12-14(31-2)7-9-18(16)32-3/h7-10,12-13,21H,5-6,11H2,1-4H3. The van der Waals surface area contributed by atoms with Gasteiger partial charge in [0, 0.05) is 5.56 Å². The van der Waals surface area contributed by atoms with E-state index in [0.29, 0.717) is 18.8 Å². The first kappa shape index (κ1) is 28.0. The van der Waals surface area contributed by atoms with Crippen molar-refractivity contribution in [3.63, 3.8) is 0 Å². The number of rotatable bonds is 10. The second-order valence-electron chi connectivity index (χ2n) is 7.68. The van der Waals surface area contributed by atoms with E-state index in [0.717, 1.165) is 13.5 Å². The van der Waals surface area contributed by atoms with Crippen molar-refractivity contribution in [3.8, 4) is 23.0 Å². The Kier molecular flexibility index (Phi) is 8.46. The van der Waals surface area contributed by atoms with Crippen LogP contribution in [0.2, 0.25) is 0 Å². The maximum absolute atomic E-state index is 13.4. The van der Waals surface area contributed by atoms with Crippen molar-refractivity contribution in [2.75, 3.05) is 27.9 Å². The van der Waals surface area contributed by atoms with Crippen molar-refractivity contribution in [2.24, 2.45) is 0 Å². The Balaban J connectivity index is 2.31. The van der Waals surface area contributed by atoms with Gasteiger partial charge in [0.1, 0.15) is 28.6 Å². The van der Waals surface area contributed by atoms with Crippen molar-refractivity contribution in [3.05, 3.63) is 53.1 Å². The van der Waals surface area contributed by atoms with Gasteiger partial charge in [0.25, 0.3) is 0 Å². The highest BCUT2D eigenvalue weighted by atomic mass is 32.2. The van der Waals surface area contributed by atoms with Crippen molar-refractivity contribution >= 4 is 21.8 Å². The summed E-state index contributed by atoms with van der Waals surface area (Å²) in [6, 6.07) is 8.55. The predicted octanol–water partition coefficient (Wildman–Crippen LogP) is 4.77. The second kappa shape index (κ2) is 11.2. The van der Waals surface area contributed by atoms with Crippen LogP contribution >= 0.6 is 0 Å². The highest BCUT2D eigenvalue weighted by Crippen LogP contribution is 2.48. The Hall–Kier alpha value is -3.61. The topological polar surface area (TPSA) is 107 Å². The van der Waals surface area contributed by atoms with Gasteiger partial charge in [-0.15, -0.1) is 0 Å². The molecule has 0 radical (unpaired) electrons. The molecule has 2 aromatic carbocycles. The molecule has 0 aliphatic carbocycles. The third-order valence-corrected chi connectivity index (χ3v) is 6.27. The fourth-order valence-corrected chi connectivity index (χ4v) is 3.98. The maximum Gasteiger partial charge on any atom is 0.534 e. The van der Waals surface area contributed by atoms with Crippen LogP contribution in [0, 0.1) is 0 Å². The number of hydrogen-bond donors (Lipinski definition) is 0. The first-order valence-corrected chi connectivity index (χ1v) is 12.4. The Bertz CT molecular complexity index is 1290. The number of halogens is 3. The monoisotopic (exact) mass is 546 g/mol. The zero-order valence-corrected chi connectivity index (χ0v) is 21.2. The lowest BCUT2D eigenvalue weighted by molar-refractivity contribution is -0.137. The molecule has 9 nitrogen and oxygen atoms in total. The van der Waals surface area contributed by atoms with Crippen LogP contribution in [0.1, 0.15) is 37.0 Å². The molecule has 1 aliphatic rings. The quantitative estimate of drug-likeness (QED) is 0.180. The average molecular weight is 547 g/mol. The van der Waals surface area contributed by atoms with Crippen molar-refractivity contribution in [1.29, 1.82) is 0 Å². The molecular weight excluding hydrogens is 521 g/mol. The Labute approximate surface area is 211 Å². The lowest BCUT2D eigenvalue weighted by Gasteiger charge is -2.30. The van der Waals surface area contributed by atoms with Gasteiger partial charge in [0.2, 0.25) is 0 Å². The van der Waals surface area contributed by atoms with Crippen LogP contribution in [0.3, 0.4) is 0 Å². The highest BCUT2D eigenvalue weighted by Gasteiger charge is 2.51. The number of hydrogen-bond acceptors (Lipinski definition) is 9. The Morgan fingerprint density at radius 1 is 1.03 bits per heavy atom. The van der Waals surface area contributed by atoms with E-state index >= 15 is 0 Å². The van der Waals surface area contributed by atoms with E-state index in [9.17, 15) is 26.4 Å². The number of alkyl halides is 3. The number of esters is 1. The molecule has 1 atom stereocenters. The molecule has 202 valence electrons. The normalized spacial score (nSPS) is 15.4. The predicted molar refractivity (Wildman–Crippen MR) is 125 cm³/mol. The van der Waals surface area contributed by atoms with Gasteiger partial charge < -0.3 is 27.9 Å². The summed E-state index contributed by atoms with van der Waals surface area (Å²) in [5.74, 6) is -1.50. The molecular formula is C24H25F3O9S. The summed E-state index contributed by atoms with van der Waals surface area (Å²) >= 11 is 0. The summed E-state index contributed by atoms with van der Waals surface area (Å²) < 4.78 is 95.8. The van der Waals surface area contributed by atoms with Crippen LogP contribution in [0.5, 0.6) is 23.0 Å². The van der Waals surface area contributed by atoms with Crippen LogP contribution < -0.4 is 18.9 Å². The maximum atomic E-state index is 13.4. The molecule has 0 N–H and O–H groups in total. The van der Waals surface area contributed by atoms with E-state index < -0.39 is 39.0 Å². The summed E-state index contributed by atoms with van der Waals surface area (Å²) in [4.78, 5) is 12.9. The molecule has 0 amide bonds. The summed E-state index contributed by atoms with van der Waals surface area (Å²) in [7, 11) is -2.52. The molecule has 3 rings (SSSR count). The van der Waals surface area contributed by atoms with Gasteiger partial charge in [-0.25, -0.2) is 4.79 Å². The fraction of sp³-hybridized carbons (Fsp3) is 0.375. The lowest BCUT2D eigenvalue weighted by Crippen LogP contribution is -2.29. The van der Waals surface area contributed by atoms with E-state index in [-0.39, 0.29) is 28.4 Å². The molecule has 0 saturated heterocycles. The van der Waals surface area contributed by atoms with Crippen LogP contribution in [-0.2, 0) is 23.8 Å². The summed E-state index contributed by atoms with van der Waals surface area (Å²) in [6.45, 7) is 2.24. The van der Waals surface area contributed by atoms with E-state index in [1.54, 1.807) is 6.07 Å². The Morgan fingerprint density at radius 2 is 1.73 bits per heavy atom. The van der Waals surface area contributed by atoms with E-state index in [1.807, 2.05) is 6.92 Å². The van der Waals surface area contributed by atoms with Gasteiger partial charge in [-0.05, 0) is 42.8 Å². The first-order chi connectivity index (χ1) is 17.5. The third kappa shape index (κ3) is 5.87. The van der Waals surface area contributed by atoms with Gasteiger partial charge in [-0.1, -0.05) is 13.3 Å². The SMILES string of the molecule is CCCCOc1ccc2c(c1)C(OS(=O)(=O)C(F)(F)F)=C(C(=O)OC)C(c1cc(OC)ccc1OC)O2. The molecule has 1 aliphatic heterocycles. The molecule has 1 unspecified atom stereocenters. The minimum atomic E-state index is -6.20. The lowest BCUT2D eigenvalue weighted by atomic mass is 9.93. The number of unbranched alkanes of at least 4 members (excludes halogenated alkanes) is 1. The second-order valence-corrected chi connectivity index (χ2v) is 9.22. The molecule has 0 spiro atoms. The number of benzene rings is 2. The Morgan fingerprint density at radius 3 is 2.32 bits per heavy atom. The van der Waals surface area contributed by atoms with Crippen molar-refractivity contribution in [2.45, 2.75) is 31.4 Å². The minimum absolute atomic E-state index is 0.0715. The fourth-order valence-electron chi connectivity index (χ4n) is 3.48. The van der Waals surface area contributed by atoms with Crippen molar-refractivity contribution < 1.29 is 54.3 Å². The molecule has 0 fully saturated rings. The average Bonchev–Trinajstić information content (AvgIpc) is 2.87. The number of fused-ring (bicyclic) bond motifs is 1. The van der Waals surface area contributed by atoms with Gasteiger partial charge in [0.15, 0.2) is 11.9 Å². The molecule has 0 aromatic heterocycles. The molecule has 0 bridgehead atoms. The molecule has 2 aromatic rings. The first-order valence-electron chi connectivity index (χ1n) is 11.0. The van der Waals surface area contributed by atoms with Gasteiger partial charge >= 0.3 is 21.6 Å². The highest BCUT2D eigenvalue weighted by molar-refractivity contribution is 7.87. The van der Waals surface area contributed by atoms with E-state index in [1.165, 1.54) is 44.6 Å². The number of ether oxygens (including phenoxy) is 5. The van der Waals surface area contributed by atoms with Crippen LogP contribution in [0.15, 0.2) is 42.0 Å². The smallest absolute Gasteiger partial charge is 0.497 e. The molecule has 1 heterocycles. The molecule has 37 heavy (non-hydrogen) atoms. The van der Waals surface area contributed by atoms with Gasteiger partial charge in [0.05, 0.1) is 33.5 Å². The number of carbonyl (C=O) groups excluding carboxylic acids is 1. The molecule has 13 heteroatoms.